The van der Waals surface area contributed by atoms with E-state index in [2.05, 4.69) is 464 Å². The summed E-state index contributed by atoms with van der Waals surface area (Å²) in [6.45, 7) is 25.7. The summed E-state index contributed by atoms with van der Waals surface area (Å²) in [6, 6.07) is 167. The molecule has 0 bridgehead atoms. The van der Waals surface area contributed by atoms with Gasteiger partial charge >= 0.3 is 0 Å². The fourth-order valence-corrected chi connectivity index (χ4v) is 25.0. The van der Waals surface area contributed by atoms with Gasteiger partial charge in [-0.2, -0.15) is 5.26 Å². The largest absolute Gasteiger partial charge is 0.313 e. The van der Waals surface area contributed by atoms with Gasteiger partial charge in [0, 0.05) is 92.1 Å². The smallest absolute Gasteiger partial charge is 0.202 e. The predicted octanol–water partition coefficient (Wildman–Crippen LogP) is 38.3. The minimum Gasteiger partial charge on any atom is -0.313 e. The quantitative estimate of drug-likeness (QED) is 0.0967. The number of fused-ring (bicyclic) bond motifs is 51. The number of hydrogen-bond acceptors (Lipinski definition) is 1. The fourth-order valence-electron chi connectivity index (χ4n) is 25.0. The normalized spacial score (nSPS) is 11.9. The van der Waals surface area contributed by atoms with Gasteiger partial charge in [-0.1, -0.05) is 388 Å². The highest BCUT2D eigenvalue weighted by atomic mass is 15.0. The molecule has 0 saturated heterocycles. The Morgan fingerprint density at radius 3 is 1.04 bits per heavy atom. The van der Waals surface area contributed by atoms with Crippen molar-refractivity contribution in [3.63, 3.8) is 0 Å². The molecule has 0 fully saturated rings. The number of hydrogen-bond donors (Lipinski definition) is 0. The molecule has 8 heteroatoms. The van der Waals surface area contributed by atoms with Crippen LogP contribution in [-0.4, -0.2) is 17.8 Å². The number of aromatic nitrogens is 4. The first kappa shape index (κ1) is 82.1. The van der Waals surface area contributed by atoms with Gasteiger partial charge in [0.15, 0.2) is 5.69 Å². The van der Waals surface area contributed by atoms with Gasteiger partial charge in [-0.15, -0.1) is 0 Å². The maximum Gasteiger partial charge on any atom is 0.202 e. The summed E-state index contributed by atoms with van der Waals surface area (Å²) in [5.41, 5.74) is 16.9. The second kappa shape index (κ2) is 32.0. The molecule has 25 aromatic carbocycles. The molecule has 0 spiro atoms. The first-order chi connectivity index (χ1) is 71.8. The Morgan fingerprint density at radius 1 is 0.200 bits per heavy atom. The van der Waals surface area contributed by atoms with Crippen LogP contribution >= 0.6 is 0 Å². The molecule has 0 amide bonds. The lowest BCUT2D eigenvalue weighted by Crippen LogP contribution is -2.02. The maximum absolute atomic E-state index is 10.2. The molecule has 0 N–H and O–H groups in total. The molecule has 0 atom stereocenters. The fraction of sp³-hybridized carbons (Fsp3) is 0.00730. The maximum atomic E-state index is 10.2. The van der Waals surface area contributed by atoms with E-state index in [-0.39, 0.29) is 22.6 Å². The molecular formula is C137H78N8. The number of para-hydroxylation sites is 4. The summed E-state index contributed by atoms with van der Waals surface area (Å²) < 4.78 is 9.67. The van der Waals surface area contributed by atoms with E-state index in [0.29, 0.717) is 10.8 Å². The molecule has 666 valence electrons. The first-order valence-electron chi connectivity index (χ1n) is 49.1. The van der Waals surface area contributed by atoms with Gasteiger partial charge in [0.2, 0.25) is 11.4 Å². The van der Waals surface area contributed by atoms with Crippen LogP contribution in [0.25, 0.3) is 297 Å². The van der Waals surface area contributed by atoms with Crippen LogP contribution in [0.3, 0.4) is 0 Å². The number of aryl methyl sites for hydroxylation is 1. The zero-order valence-electron chi connectivity index (χ0n) is 78.4. The summed E-state index contributed by atoms with van der Waals surface area (Å²) in [5.74, 6) is 0. The van der Waals surface area contributed by atoms with E-state index in [9.17, 15) is 5.26 Å². The van der Waals surface area contributed by atoms with Crippen molar-refractivity contribution in [3.05, 3.63) is 500 Å². The standard InChI is InChI=1S/C37H25N.C36H15N5.2C32H19N/c1-24-22-26-13-3-11-21-35(26)38(24)37-33-20-10-8-17-30(33)29-16-7-9-19-32(29)36(37)34-23-25-12-2-4-14-27(25)28-15-5-6-18-31(28)34;1-38-34-26-17-27-30(18-25(26)28(19-37)35(39-2)36(34)40-3)41-29-15-9-4-10-20(29)16-31(41)33-24-14-8-6-12-22(24)21-11-5-7-13-23(21)32(27)33;1-3-11-22-20(9-1)17-18-27-30-25-14-6-4-12-23(25)24-13-5-7-15-26(24)31(30)29-19-21-10-2-8-16-28(21)33(29)32(22)27;1-3-11-22-20(9-1)17-18-28-30(22)32-26-15-7-5-13-24(26)23-12-4-6-14-25(23)31(32)29-19-21-10-2-8-16-27(21)33(28)29/h2-23H,1H3;4-18H;2*1-19H. The molecule has 0 aliphatic carbocycles. The third-order valence-electron chi connectivity index (χ3n) is 30.9. The Labute approximate surface area is 829 Å². The first-order valence-corrected chi connectivity index (χ1v) is 49.1. The van der Waals surface area contributed by atoms with Crippen LogP contribution in [-0.2, 0) is 0 Å². The van der Waals surface area contributed by atoms with Gasteiger partial charge in [-0.25, -0.2) is 0 Å². The van der Waals surface area contributed by atoms with Crippen molar-refractivity contribution < 1.29 is 0 Å². The van der Waals surface area contributed by atoms with Crippen LogP contribution in [0, 0.1) is 38.0 Å². The van der Waals surface area contributed by atoms with Crippen molar-refractivity contribution in [2.75, 3.05) is 0 Å². The van der Waals surface area contributed by atoms with Crippen LogP contribution in [0.1, 0.15) is 11.3 Å². The molecular weight excluding hydrogens is 1760 g/mol. The molecule has 0 aliphatic rings. The zero-order valence-corrected chi connectivity index (χ0v) is 78.4. The lowest BCUT2D eigenvalue weighted by molar-refractivity contribution is 1.07. The molecule has 32 aromatic rings. The number of rotatable bonds is 2. The Morgan fingerprint density at radius 2 is 0.538 bits per heavy atom. The third kappa shape index (κ3) is 11.9. The Balaban J connectivity index is 0.0000000921. The average molecular weight is 1840 g/mol. The zero-order chi connectivity index (χ0) is 96.1. The highest BCUT2D eigenvalue weighted by molar-refractivity contribution is 6.41. The van der Waals surface area contributed by atoms with Crippen molar-refractivity contribution in [2.45, 2.75) is 6.92 Å². The minimum absolute atomic E-state index is 0.0637. The number of nitrogens with zero attached hydrogens (tertiary/aromatic N) is 8. The van der Waals surface area contributed by atoms with Crippen molar-refractivity contribution in [1.29, 1.82) is 5.26 Å². The molecule has 0 saturated carbocycles. The van der Waals surface area contributed by atoms with Gasteiger partial charge in [0.25, 0.3) is 0 Å². The monoisotopic (exact) mass is 1830 g/mol. The van der Waals surface area contributed by atoms with Gasteiger partial charge in [0.1, 0.15) is 0 Å². The van der Waals surface area contributed by atoms with Gasteiger partial charge in [0.05, 0.1) is 92.2 Å². The molecule has 0 unspecified atom stereocenters. The van der Waals surface area contributed by atoms with Crippen molar-refractivity contribution in [1.82, 2.24) is 17.8 Å². The Hall–Kier alpha value is -20.0. The lowest BCUT2D eigenvalue weighted by atomic mass is 9.87. The van der Waals surface area contributed by atoms with Gasteiger partial charge in [-0.05, 0) is 208 Å². The van der Waals surface area contributed by atoms with Crippen LogP contribution in [0.5, 0.6) is 0 Å². The molecule has 7 heterocycles. The van der Waals surface area contributed by atoms with Crippen LogP contribution in [0.15, 0.2) is 455 Å². The number of pyridine rings is 3. The van der Waals surface area contributed by atoms with E-state index in [0.717, 1.165) is 59.6 Å². The average Bonchev–Trinajstić information content (AvgIpc) is 1.60. The summed E-state index contributed by atoms with van der Waals surface area (Å²) in [7, 11) is 0. The predicted molar refractivity (Wildman–Crippen MR) is 614 cm³/mol. The summed E-state index contributed by atoms with van der Waals surface area (Å²) in [5, 5.41) is 57.6. The van der Waals surface area contributed by atoms with Gasteiger partial charge in [-0.3, -0.25) is 14.5 Å². The van der Waals surface area contributed by atoms with Crippen LogP contribution in [0.2, 0.25) is 0 Å². The highest BCUT2D eigenvalue weighted by Gasteiger charge is 2.29. The third-order valence-corrected chi connectivity index (χ3v) is 30.9. The van der Waals surface area contributed by atoms with E-state index in [4.69, 9.17) is 19.7 Å². The van der Waals surface area contributed by atoms with Crippen molar-refractivity contribution in [2.24, 2.45) is 0 Å². The van der Waals surface area contributed by atoms with Crippen LogP contribution in [0.4, 0.5) is 17.1 Å². The topological polar surface area (TPSA) is 55.0 Å². The number of benzene rings is 25. The van der Waals surface area contributed by atoms with E-state index in [1.165, 1.54) is 217 Å². The van der Waals surface area contributed by atoms with Crippen LogP contribution < -0.4 is 0 Å². The summed E-state index contributed by atoms with van der Waals surface area (Å²) in [6.07, 6.45) is 0. The SMILES string of the molecule is Cc1cc2ccccc2n1-c1c(-c2cc3ccccc3c3ccccc23)c2ccccc2c2ccccc12.[C-]#[N+]c1c([N+]#[C-])c([N+]#[C-])c2cc3c4c5ccccc5c5ccccc5c4c4cc5ccccc5n4c3cc2c1C#N.c1ccc2c(c1)ccc1c2c2c3ccccc3c3ccccc3c2c2cc3ccccc3n12.c1ccc2c(c1)ccc1c3c4ccccc4c4ccccc4c3c3cc4ccccc4n3c21. The summed E-state index contributed by atoms with van der Waals surface area (Å²) in [4.78, 5) is 10.8. The van der Waals surface area contributed by atoms with Crippen molar-refractivity contribution >= 4 is 282 Å². The Bertz CT molecular complexity index is 11600. The van der Waals surface area contributed by atoms with E-state index in [1.54, 1.807) is 0 Å². The van der Waals surface area contributed by atoms with E-state index < -0.39 is 0 Å². The highest BCUT2D eigenvalue weighted by Crippen LogP contribution is 2.55. The molecule has 0 radical (unpaired) electrons. The minimum atomic E-state index is -0.0643. The molecule has 32 rings (SSSR count). The second-order valence-electron chi connectivity index (χ2n) is 38.1. The lowest BCUT2D eigenvalue weighted by Gasteiger charge is -2.22. The van der Waals surface area contributed by atoms with E-state index in [1.807, 2.05) is 36.4 Å². The van der Waals surface area contributed by atoms with Gasteiger partial charge < -0.3 is 17.8 Å². The van der Waals surface area contributed by atoms with E-state index >= 15 is 0 Å². The van der Waals surface area contributed by atoms with Crippen molar-refractivity contribution in [3.8, 4) is 22.9 Å². The Kier molecular flexibility index (Phi) is 18.1. The molecule has 145 heavy (non-hydrogen) atoms. The summed E-state index contributed by atoms with van der Waals surface area (Å²) >= 11 is 0. The molecule has 7 aromatic heterocycles. The second-order valence-corrected chi connectivity index (χ2v) is 38.1. The molecule has 0 aliphatic heterocycles. The molecule has 8 nitrogen and oxygen atoms in total. The number of nitriles is 1.